The monoisotopic (exact) mass is 407 g/mol. The van der Waals surface area contributed by atoms with E-state index < -0.39 is 6.04 Å². The average molecular weight is 408 g/mol. The molecule has 0 aliphatic heterocycles. The van der Waals surface area contributed by atoms with Crippen LogP contribution in [0.2, 0.25) is 0 Å². The quantitative estimate of drug-likeness (QED) is 0.480. The highest BCUT2D eigenvalue weighted by Crippen LogP contribution is 2.27. The van der Waals surface area contributed by atoms with E-state index >= 15 is 0 Å². The number of hydrogen-bond donors (Lipinski definition) is 4. The number of fused-ring (bicyclic) bond motifs is 1. The van der Waals surface area contributed by atoms with Crippen molar-refractivity contribution in [3.05, 3.63) is 47.8 Å². The van der Waals surface area contributed by atoms with Crippen LogP contribution in [-0.4, -0.2) is 33.0 Å². The number of aromatic nitrogens is 3. The first-order valence-electron chi connectivity index (χ1n) is 10.8. The lowest BCUT2D eigenvalue weighted by Crippen LogP contribution is -2.44. The zero-order chi connectivity index (χ0) is 20.9. The SMILES string of the molecule is CC(=O)NC(Cc1c[nH]c2ccccc12)C(=O)Nc1cc(CC2CCCCC2)[nH]n1. The lowest BCUT2D eigenvalue weighted by Gasteiger charge is -2.20. The number of anilines is 1. The van der Waals surface area contributed by atoms with Crippen LogP contribution in [-0.2, 0) is 22.4 Å². The molecule has 1 saturated carbocycles. The number of aromatic amines is 2. The molecule has 1 unspecified atom stereocenters. The summed E-state index contributed by atoms with van der Waals surface area (Å²) in [6.07, 6.45) is 9.71. The van der Waals surface area contributed by atoms with Gasteiger partial charge in [-0.25, -0.2) is 0 Å². The molecule has 2 aromatic heterocycles. The lowest BCUT2D eigenvalue weighted by atomic mass is 9.86. The summed E-state index contributed by atoms with van der Waals surface area (Å²) in [6, 6.07) is 9.15. The molecule has 1 aliphatic carbocycles. The molecule has 0 spiro atoms. The first-order valence-corrected chi connectivity index (χ1v) is 10.8. The summed E-state index contributed by atoms with van der Waals surface area (Å²) in [5.41, 5.74) is 3.04. The summed E-state index contributed by atoms with van der Waals surface area (Å²) in [5, 5.41) is 14.0. The van der Waals surface area contributed by atoms with Crippen molar-refractivity contribution in [3.63, 3.8) is 0 Å². The van der Waals surface area contributed by atoms with Crippen LogP contribution in [0.1, 0.15) is 50.3 Å². The third-order valence-electron chi connectivity index (χ3n) is 5.91. The number of rotatable bonds is 7. The van der Waals surface area contributed by atoms with E-state index in [-0.39, 0.29) is 11.8 Å². The van der Waals surface area contributed by atoms with E-state index in [1.165, 1.54) is 39.0 Å². The Bertz CT molecular complexity index is 1020. The second kappa shape index (κ2) is 9.15. The van der Waals surface area contributed by atoms with Crippen LogP contribution in [0, 0.1) is 5.92 Å². The molecule has 4 N–H and O–H groups in total. The van der Waals surface area contributed by atoms with Gasteiger partial charge in [0.05, 0.1) is 0 Å². The van der Waals surface area contributed by atoms with Crippen LogP contribution in [0.3, 0.4) is 0 Å². The maximum atomic E-state index is 12.9. The Hall–Kier alpha value is -3.09. The zero-order valence-corrected chi connectivity index (χ0v) is 17.3. The molecule has 7 heteroatoms. The number of nitrogens with zero attached hydrogens (tertiary/aromatic N) is 1. The first-order chi connectivity index (χ1) is 14.6. The van der Waals surface area contributed by atoms with E-state index in [0.29, 0.717) is 18.2 Å². The molecule has 2 amide bonds. The van der Waals surface area contributed by atoms with E-state index in [1.807, 2.05) is 36.5 Å². The van der Waals surface area contributed by atoms with Crippen LogP contribution in [0.25, 0.3) is 10.9 Å². The Morgan fingerprint density at radius 3 is 2.80 bits per heavy atom. The van der Waals surface area contributed by atoms with Gasteiger partial charge in [0.25, 0.3) is 0 Å². The summed E-state index contributed by atoms with van der Waals surface area (Å²) in [6.45, 7) is 1.42. The molecule has 1 aromatic carbocycles. The van der Waals surface area contributed by atoms with E-state index in [4.69, 9.17) is 0 Å². The van der Waals surface area contributed by atoms with Gasteiger partial charge in [-0.1, -0.05) is 50.3 Å². The molecule has 0 radical (unpaired) electrons. The molecule has 0 bridgehead atoms. The third-order valence-corrected chi connectivity index (χ3v) is 5.91. The van der Waals surface area contributed by atoms with Gasteiger partial charge in [-0.05, 0) is 24.0 Å². The Morgan fingerprint density at radius 1 is 1.20 bits per heavy atom. The fourth-order valence-corrected chi connectivity index (χ4v) is 4.42. The number of para-hydroxylation sites is 1. The van der Waals surface area contributed by atoms with Gasteiger partial charge in [0, 0.05) is 42.2 Å². The minimum Gasteiger partial charge on any atom is -0.361 e. The number of H-pyrrole nitrogens is 2. The minimum absolute atomic E-state index is 0.241. The molecule has 4 rings (SSSR count). The highest BCUT2D eigenvalue weighted by molar-refractivity contribution is 5.97. The van der Waals surface area contributed by atoms with Gasteiger partial charge in [0.1, 0.15) is 6.04 Å². The molecule has 1 atom stereocenters. The minimum atomic E-state index is -0.680. The predicted octanol–water partition coefficient (Wildman–Crippen LogP) is 3.70. The summed E-state index contributed by atoms with van der Waals surface area (Å²) in [7, 11) is 0. The molecule has 158 valence electrons. The summed E-state index contributed by atoms with van der Waals surface area (Å²) >= 11 is 0. The van der Waals surface area contributed by atoms with Crippen molar-refractivity contribution in [2.45, 2.75) is 57.9 Å². The van der Waals surface area contributed by atoms with Crippen LogP contribution in [0.4, 0.5) is 5.82 Å². The normalized spacial score (nSPS) is 15.8. The number of carbonyl (C=O) groups excluding carboxylic acids is 2. The van der Waals surface area contributed by atoms with Gasteiger partial charge in [-0.2, -0.15) is 5.10 Å². The maximum Gasteiger partial charge on any atom is 0.248 e. The Kier molecular flexibility index (Phi) is 6.16. The second-order valence-electron chi connectivity index (χ2n) is 8.29. The Labute approximate surface area is 176 Å². The van der Waals surface area contributed by atoms with Gasteiger partial charge < -0.3 is 15.6 Å². The number of amides is 2. The molecule has 1 fully saturated rings. The highest BCUT2D eigenvalue weighted by Gasteiger charge is 2.23. The van der Waals surface area contributed by atoms with Crippen molar-refractivity contribution in [2.75, 3.05) is 5.32 Å². The van der Waals surface area contributed by atoms with Crippen molar-refractivity contribution in [1.29, 1.82) is 0 Å². The van der Waals surface area contributed by atoms with Crippen LogP contribution >= 0.6 is 0 Å². The zero-order valence-electron chi connectivity index (χ0n) is 17.3. The summed E-state index contributed by atoms with van der Waals surface area (Å²) in [5.74, 6) is 0.679. The Morgan fingerprint density at radius 2 is 2.00 bits per heavy atom. The average Bonchev–Trinajstić information content (AvgIpc) is 3.35. The maximum absolute atomic E-state index is 12.9. The molecular formula is C23H29N5O2. The Balaban J connectivity index is 1.42. The van der Waals surface area contributed by atoms with Crippen molar-refractivity contribution in [3.8, 4) is 0 Å². The highest BCUT2D eigenvalue weighted by atomic mass is 16.2. The van der Waals surface area contributed by atoms with Crippen molar-refractivity contribution in [1.82, 2.24) is 20.5 Å². The van der Waals surface area contributed by atoms with E-state index in [1.54, 1.807) is 0 Å². The topological polar surface area (TPSA) is 103 Å². The van der Waals surface area contributed by atoms with Gasteiger partial charge in [-0.3, -0.25) is 14.7 Å². The number of benzene rings is 1. The third kappa shape index (κ3) is 4.90. The fourth-order valence-electron chi connectivity index (χ4n) is 4.42. The van der Waals surface area contributed by atoms with Crippen LogP contribution in [0.15, 0.2) is 36.5 Å². The summed E-state index contributed by atoms with van der Waals surface area (Å²) < 4.78 is 0. The standard InChI is InChI=1S/C23H29N5O2/c1-15(29)25-21(12-17-14-24-20-10-6-5-9-19(17)20)23(30)26-22-13-18(27-28-22)11-16-7-3-2-4-8-16/h5-6,9-10,13-14,16,21,24H,2-4,7-8,11-12H2,1H3,(H,25,29)(H2,26,27,28,30). The smallest absolute Gasteiger partial charge is 0.248 e. The first kappa shape index (κ1) is 20.2. The number of carbonyl (C=O) groups is 2. The van der Waals surface area contributed by atoms with E-state index in [9.17, 15) is 9.59 Å². The number of hydrogen-bond acceptors (Lipinski definition) is 3. The van der Waals surface area contributed by atoms with Gasteiger partial charge in [0.2, 0.25) is 11.8 Å². The fraction of sp³-hybridized carbons (Fsp3) is 0.435. The molecule has 1 aliphatic rings. The van der Waals surface area contributed by atoms with Gasteiger partial charge in [-0.15, -0.1) is 0 Å². The second-order valence-corrected chi connectivity index (χ2v) is 8.29. The molecule has 0 saturated heterocycles. The van der Waals surface area contributed by atoms with Gasteiger partial charge >= 0.3 is 0 Å². The molecule has 3 aromatic rings. The van der Waals surface area contributed by atoms with Crippen molar-refractivity contribution >= 4 is 28.5 Å². The van der Waals surface area contributed by atoms with Crippen LogP contribution < -0.4 is 10.6 Å². The summed E-state index contributed by atoms with van der Waals surface area (Å²) in [4.78, 5) is 27.8. The van der Waals surface area contributed by atoms with E-state index in [2.05, 4.69) is 25.8 Å². The molecule has 7 nitrogen and oxygen atoms in total. The molecular weight excluding hydrogens is 378 g/mol. The lowest BCUT2D eigenvalue weighted by molar-refractivity contribution is -0.125. The molecule has 30 heavy (non-hydrogen) atoms. The van der Waals surface area contributed by atoms with Crippen molar-refractivity contribution in [2.24, 2.45) is 5.92 Å². The van der Waals surface area contributed by atoms with Crippen molar-refractivity contribution < 1.29 is 9.59 Å². The molecule has 2 heterocycles. The van der Waals surface area contributed by atoms with E-state index in [0.717, 1.165) is 28.6 Å². The predicted molar refractivity (Wildman–Crippen MR) is 117 cm³/mol. The van der Waals surface area contributed by atoms with Gasteiger partial charge in [0.15, 0.2) is 5.82 Å². The van der Waals surface area contributed by atoms with Crippen LogP contribution in [0.5, 0.6) is 0 Å². The largest absolute Gasteiger partial charge is 0.361 e. The number of nitrogens with one attached hydrogen (secondary N) is 4.